The molecular formula is C20H24N8. The predicted molar refractivity (Wildman–Crippen MR) is 108 cm³/mol. The number of fused-ring (bicyclic) bond motifs is 2. The van der Waals surface area contributed by atoms with Crippen molar-refractivity contribution < 1.29 is 0 Å². The van der Waals surface area contributed by atoms with Gasteiger partial charge in [-0.1, -0.05) is 6.92 Å². The number of nitrogens with one attached hydrogen (secondary N) is 1. The lowest BCUT2D eigenvalue weighted by molar-refractivity contribution is 0.177. The number of hydrogen-bond acceptors (Lipinski definition) is 6. The van der Waals surface area contributed by atoms with Crippen molar-refractivity contribution in [3.05, 3.63) is 42.7 Å². The van der Waals surface area contributed by atoms with Gasteiger partial charge in [-0.15, -0.1) is 5.10 Å². The van der Waals surface area contributed by atoms with E-state index in [0.29, 0.717) is 18.0 Å². The fourth-order valence-corrected chi connectivity index (χ4v) is 3.84. The molecule has 4 aromatic rings. The number of rotatable bonds is 5. The number of aromatic nitrogens is 6. The Kier molecular flexibility index (Phi) is 4.01. The molecule has 4 aromatic heterocycles. The van der Waals surface area contributed by atoms with E-state index >= 15 is 0 Å². The van der Waals surface area contributed by atoms with Crippen molar-refractivity contribution in [1.82, 2.24) is 33.9 Å². The zero-order valence-electron chi connectivity index (χ0n) is 16.4. The first-order valence-electron chi connectivity index (χ1n) is 9.72. The van der Waals surface area contributed by atoms with Crippen LogP contribution in [0, 0.1) is 0 Å². The number of nitrogens with zero attached hydrogens (tertiary/aromatic N) is 7. The lowest BCUT2D eigenvalue weighted by atomic mass is 9.86. The van der Waals surface area contributed by atoms with Gasteiger partial charge in [0, 0.05) is 47.5 Å². The molecule has 144 valence electrons. The molecule has 0 aliphatic heterocycles. The predicted octanol–water partition coefficient (Wildman–Crippen LogP) is 2.51. The van der Waals surface area contributed by atoms with Crippen molar-refractivity contribution in [3.63, 3.8) is 0 Å². The van der Waals surface area contributed by atoms with E-state index in [2.05, 4.69) is 63.5 Å². The van der Waals surface area contributed by atoms with Gasteiger partial charge >= 0.3 is 0 Å². The monoisotopic (exact) mass is 376 g/mol. The van der Waals surface area contributed by atoms with Gasteiger partial charge in [0.05, 0.1) is 17.9 Å². The Morgan fingerprint density at radius 1 is 1.14 bits per heavy atom. The van der Waals surface area contributed by atoms with E-state index in [1.165, 1.54) is 0 Å². The fraction of sp³-hybridized carbons (Fsp3) is 0.400. The van der Waals surface area contributed by atoms with Crippen LogP contribution in [0.3, 0.4) is 0 Å². The maximum atomic E-state index is 4.64. The Balaban J connectivity index is 1.42. The van der Waals surface area contributed by atoms with Crippen LogP contribution in [0.5, 0.6) is 0 Å². The summed E-state index contributed by atoms with van der Waals surface area (Å²) in [6, 6.07) is 3.16. The van der Waals surface area contributed by atoms with Crippen LogP contribution < -0.4 is 5.32 Å². The molecule has 0 spiro atoms. The molecule has 1 saturated carbocycles. The van der Waals surface area contributed by atoms with Crippen molar-refractivity contribution >= 4 is 17.2 Å². The first kappa shape index (κ1) is 17.1. The lowest BCUT2D eigenvalue weighted by Gasteiger charge is -2.39. The minimum atomic E-state index is 0.445. The average molecular weight is 376 g/mol. The van der Waals surface area contributed by atoms with Crippen LogP contribution in [-0.2, 0) is 6.42 Å². The van der Waals surface area contributed by atoms with Crippen LogP contribution in [0.2, 0.25) is 0 Å². The number of hydrogen-bond donors (Lipinski definition) is 1. The molecule has 0 radical (unpaired) electrons. The second kappa shape index (κ2) is 6.56. The molecule has 0 aromatic carbocycles. The van der Waals surface area contributed by atoms with Crippen LogP contribution >= 0.6 is 0 Å². The molecule has 8 nitrogen and oxygen atoms in total. The summed E-state index contributed by atoms with van der Waals surface area (Å²) in [4.78, 5) is 15.7. The summed E-state index contributed by atoms with van der Waals surface area (Å²) in [5.41, 5.74) is 4.20. The van der Waals surface area contributed by atoms with E-state index < -0.39 is 0 Å². The topological polar surface area (TPSA) is 75.7 Å². The van der Waals surface area contributed by atoms with Crippen molar-refractivity contribution in [1.29, 1.82) is 0 Å². The molecule has 28 heavy (non-hydrogen) atoms. The summed E-state index contributed by atoms with van der Waals surface area (Å²) in [6.07, 6.45) is 12.8. The average Bonchev–Trinajstić information content (AvgIpc) is 3.26. The van der Waals surface area contributed by atoms with Crippen LogP contribution in [0.4, 0.5) is 5.95 Å². The van der Waals surface area contributed by atoms with Gasteiger partial charge in [-0.2, -0.15) is 0 Å². The summed E-state index contributed by atoms with van der Waals surface area (Å²) in [5, 5.41) is 8.09. The molecule has 1 fully saturated rings. The maximum absolute atomic E-state index is 4.64. The maximum Gasteiger partial charge on any atom is 0.241 e. The van der Waals surface area contributed by atoms with Gasteiger partial charge in [0.25, 0.3) is 0 Å². The van der Waals surface area contributed by atoms with Crippen LogP contribution in [0.25, 0.3) is 22.4 Å². The Bertz CT molecular complexity index is 1140. The molecule has 1 aliphatic rings. The minimum Gasteiger partial charge on any atom is -0.350 e. The van der Waals surface area contributed by atoms with Crippen LogP contribution in [-0.4, -0.2) is 60.0 Å². The van der Waals surface area contributed by atoms with Crippen molar-refractivity contribution in [2.75, 3.05) is 19.4 Å². The molecule has 1 N–H and O–H groups in total. The minimum absolute atomic E-state index is 0.445. The van der Waals surface area contributed by atoms with E-state index in [0.717, 1.165) is 47.4 Å². The number of aryl methyl sites for hydroxylation is 1. The van der Waals surface area contributed by atoms with Gasteiger partial charge in [-0.25, -0.2) is 19.5 Å². The highest BCUT2D eigenvalue weighted by Gasteiger charge is 2.30. The molecule has 0 atom stereocenters. The molecule has 0 amide bonds. The summed E-state index contributed by atoms with van der Waals surface area (Å²) in [5.74, 6) is 1.40. The summed E-state index contributed by atoms with van der Waals surface area (Å²) >= 11 is 0. The molecule has 0 bridgehead atoms. The molecular weight excluding hydrogens is 352 g/mol. The first-order chi connectivity index (χ1) is 13.6. The van der Waals surface area contributed by atoms with E-state index in [1.807, 2.05) is 33.7 Å². The third kappa shape index (κ3) is 2.80. The quantitative estimate of drug-likeness (QED) is 0.577. The Morgan fingerprint density at radius 3 is 2.75 bits per heavy atom. The molecule has 4 heterocycles. The van der Waals surface area contributed by atoms with Gasteiger partial charge in [0.15, 0.2) is 0 Å². The van der Waals surface area contributed by atoms with Gasteiger partial charge in [0.2, 0.25) is 11.7 Å². The third-order valence-corrected chi connectivity index (χ3v) is 5.71. The van der Waals surface area contributed by atoms with Gasteiger partial charge in [-0.05, 0) is 39.4 Å². The van der Waals surface area contributed by atoms with Gasteiger partial charge < -0.3 is 10.2 Å². The second-order valence-corrected chi connectivity index (χ2v) is 7.69. The van der Waals surface area contributed by atoms with Crippen LogP contribution in [0.1, 0.15) is 25.5 Å². The Labute approximate surface area is 163 Å². The standard InChI is InChI=1S/C20H24N8/c1-4-15-10-23-20-22-9-13(12-27(15)20)17-5-6-28-18(17)11-21-19(25-28)24-14-7-16(8-14)26(2)3/h5-6,9-12,14,16H,4,7-8H2,1-3H3,(H,24,25)/t14-,16-. The number of anilines is 1. The summed E-state index contributed by atoms with van der Waals surface area (Å²) in [7, 11) is 4.26. The largest absolute Gasteiger partial charge is 0.350 e. The Morgan fingerprint density at radius 2 is 1.96 bits per heavy atom. The SMILES string of the molecule is CCc1cnc2ncc(-c3ccn4nc(N[C@H]5C[C@H](N(C)C)C5)ncc34)cn12. The Hall–Kier alpha value is -3.00. The van der Waals surface area contributed by atoms with E-state index in [4.69, 9.17) is 0 Å². The molecule has 1 aliphatic carbocycles. The van der Waals surface area contributed by atoms with Gasteiger partial charge in [0.1, 0.15) is 0 Å². The van der Waals surface area contributed by atoms with Crippen molar-refractivity contribution in [2.24, 2.45) is 0 Å². The zero-order chi connectivity index (χ0) is 19.3. The van der Waals surface area contributed by atoms with E-state index in [9.17, 15) is 0 Å². The normalized spacial score (nSPS) is 19.4. The molecule has 0 unspecified atom stereocenters. The number of imidazole rings is 1. The molecule has 0 saturated heterocycles. The smallest absolute Gasteiger partial charge is 0.241 e. The highest BCUT2D eigenvalue weighted by Crippen LogP contribution is 2.28. The van der Waals surface area contributed by atoms with Crippen molar-refractivity contribution in [3.8, 4) is 11.1 Å². The fourth-order valence-electron chi connectivity index (χ4n) is 3.84. The highest BCUT2D eigenvalue weighted by molar-refractivity contribution is 5.79. The zero-order valence-corrected chi connectivity index (χ0v) is 16.4. The van der Waals surface area contributed by atoms with Crippen molar-refractivity contribution in [2.45, 2.75) is 38.3 Å². The first-order valence-corrected chi connectivity index (χ1v) is 9.72. The summed E-state index contributed by atoms with van der Waals surface area (Å²) < 4.78 is 3.93. The second-order valence-electron chi connectivity index (χ2n) is 7.69. The van der Waals surface area contributed by atoms with E-state index in [-0.39, 0.29) is 0 Å². The van der Waals surface area contributed by atoms with Gasteiger partial charge in [-0.3, -0.25) is 4.40 Å². The molecule has 5 rings (SSSR count). The third-order valence-electron chi connectivity index (χ3n) is 5.71. The van der Waals surface area contributed by atoms with E-state index in [1.54, 1.807) is 0 Å². The lowest BCUT2D eigenvalue weighted by Crippen LogP contribution is -2.47. The molecule has 8 heteroatoms. The highest BCUT2D eigenvalue weighted by atomic mass is 15.3. The van der Waals surface area contributed by atoms with Crippen LogP contribution in [0.15, 0.2) is 37.1 Å². The summed E-state index contributed by atoms with van der Waals surface area (Å²) in [6.45, 7) is 2.12.